The second kappa shape index (κ2) is 9.75. The van der Waals surface area contributed by atoms with Crippen LogP contribution >= 0.6 is 0 Å². The smallest absolute Gasteiger partial charge is 0.253 e. The molecule has 1 fully saturated rings. The van der Waals surface area contributed by atoms with Crippen LogP contribution < -0.4 is 4.74 Å². The number of rotatable bonds is 7. The predicted octanol–water partition coefficient (Wildman–Crippen LogP) is 3.69. The number of carbonyl (C=O) groups excluding carboxylic acids is 1. The van der Waals surface area contributed by atoms with Crippen LogP contribution in [0.25, 0.3) is 0 Å². The fourth-order valence-corrected chi connectivity index (χ4v) is 3.94. The molecule has 1 amide bonds. The summed E-state index contributed by atoms with van der Waals surface area (Å²) >= 11 is 0. The van der Waals surface area contributed by atoms with Crippen LogP contribution in [0.1, 0.15) is 40.5 Å². The highest BCUT2D eigenvalue weighted by Gasteiger charge is 2.26. The number of likely N-dealkylation sites (tertiary alicyclic amines) is 1. The van der Waals surface area contributed by atoms with E-state index in [0.717, 1.165) is 32.5 Å². The first-order valence-corrected chi connectivity index (χ1v) is 10.6. The summed E-state index contributed by atoms with van der Waals surface area (Å²) in [6.45, 7) is 4.84. The number of aryl methyl sites for hydroxylation is 1. The molecule has 7 heteroatoms. The zero-order chi connectivity index (χ0) is 21.6. The van der Waals surface area contributed by atoms with Crippen LogP contribution in [0.5, 0.6) is 5.75 Å². The van der Waals surface area contributed by atoms with Gasteiger partial charge in [-0.15, -0.1) is 0 Å². The van der Waals surface area contributed by atoms with Crippen molar-refractivity contribution in [2.24, 2.45) is 0 Å². The first kappa shape index (κ1) is 21.1. The van der Waals surface area contributed by atoms with Crippen LogP contribution in [0, 0.1) is 6.92 Å². The second-order valence-electron chi connectivity index (χ2n) is 7.98. The third-order valence-electron chi connectivity index (χ3n) is 5.64. The zero-order valence-electron chi connectivity index (χ0n) is 18.0. The molecule has 2 heterocycles. The highest BCUT2D eigenvalue weighted by atomic mass is 16.5. The van der Waals surface area contributed by atoms with Gasteiger partial charge in [0.25, 0.3) is 5.91 Å². The number of aromatic nitrogens is 2. The third-order valence-corrected chi connectivity index (χ3v) is 5.64. The van der Waals surface area contributed by atoms with E-state index in [2.05, 4.69) is 39.3 Å². The Hall–Kier alpha value is -3.19. The average molecular weight is 421 g/mol. The number of carbonyl (C=O) groups is 1. The molecule has 1 aliphatic heterocycles. The summed E-state index contributed by atoms with van der Waals surface area (Å²) in [7, 11) is 1.90. The summed E-state index contributed by atoms with van der Waals surface area (Å²) in [5, 5.41) is 3.81. The predicted molar refractivity (Wildman–Crippen MR) is 117 cm³/mol. The van der Waals surface area contributed by atoms with Gasteiger partial charge in [-0.3, -0.25) is 9.69 Å². The van der Waals surface area contributed by atoms with E-state index in [4.69, 9.17) is 9.26 Å². The van der Waals surface area contributed by atoms with Crippen molar-refractivity contribution >= 4 is 5.91 Å². The van der Waals surface area contributed by atoms with Crippen molar-refractivity contribution in [3.05, 3.63) is 77.4 Å². The molecule has 0 radical (unpaired) electrons. The van der Waals surface area contributed by atoms with Crippen molar-refractivity contribution in [2.45, 2.75) is 39.0 Å². The fraction of sp³-hybridized carbons (Fsp3) is 0.375. The van der Waals surface area contributed by atoms with E-state index >= 15 is 0 Å². The van der Waals surface area contributed by atoms with Gasteiger partial charge in [0, 0.05) is 38.7 Å². The normalized spacial score (nSPS) is 16.8. The number of piperidine rings is 1. The molecule has 7 nitrogen and oxygen atoms in total. The first-order chi connectivity index (χ1) is 15.1. The molecule has 1 atom stereocenters. The lowest BCUT2D eigenvalue weighted by molar-refractivity contribution is 0.0609. The third kappa shape index (κ3) is 5.49. The number of likely N-dealkylation sites (N-methyl/N-ethyl adjacent to an activating group) is 1. The summed E-state index contributed by atoms with van der Waals surface area (Å²) in [5.74, 6) is 1.70. The number of hydrogen-bond donors (Lipinski definition) is 0. The topological polar surface area (TPSA) is 71.7 Å². The molecule has 0 saturated carbocycles. The van der Waals surface area contributed by atoms with Gasteiger partial charge in [0.15, 0.2) is 6.61 Å². The Morgan fingerprint density at radius 1 is 1.19 bits per heavy atom. The van der Waals surface area contributed by atoms with Gasteiger partial charge in [0.1, 0.15) is 5.75 Å². The van der Waals surface area contributed by atoms with Crippen LogP contribution in [-0.4, -0.2) is 52.0 Å². The lowest BCUT2D eigenvalue weighted by Gasteiger charge is -2.37. The summed E-state index contributed by atoms with van der Waals surface area (Å²) in [6, 6.07) is 17.9. The molecule has 31 heavy (non-hydrogen) atoms. The lowest BCUT2D eigenvalue weighted by atomic mass is 10.0. The van der Waals surface area contributed by atoms with Gasteiger partial charge >= 0.3 is 0 Å². The molecule has 1 aliphatic rings. The molecular weight excluding hydrogens is 392 g/mol. The van der Waals surface area contributed by atoms with Crippen molar-refractivity contribution in [1.29, 1.82) is 0 Å². The van der Waals surface area contributed by atoms with Crippen molar-refractivity contribution in [3.8, 4) is 5.75 Å². The maximum absolute atomic E-state index is 13.0. The summed E-state index contributed by atoms with van der Waals surface area (Å²) < 4.78 is 10.6. The minimum Gasteiger partial charge on any atom is -0.485 e. The monoisotopic (exact) mass is 420 g/mol. The van der Waals surface area contributed by atoms with Crippen molar-refractivity contribution in [1.82, 2.24) is 19.9 Å². The van der Waals surface area contributed by atoms with Gasteiger partial charge in [-0.2, -0.15) is 4.98 Å². The van der Waals surface area contributed by atoms with E-state index < -0.39 is 0 Å². The quantitative estimate of drug-likeness (QED) is 0.581. The Kier molecular flexibility index (Phi) is 6.62. The molecule has 0 aliphatic carbocycles. The summed E-state index contributed by atoms with van der Waals surface area (Å²) in [6.07, 6.45) is 2.12. The van der Waals surface area contributed by atoms with E-state index in [0.29, 0.717) is 23.0 Å². The summed E-state index contributed by atoms with van der Waals surface area (Å²) in [5.41, 5.74) is 1.97. The molecule has 1 saturated heterocycles. The van der Waals surface area contributed by atoms with Gasteiger partial charge in [-0.1, -0.05) is 35.5 Å². The van der Waals surface area contributed by atoms with Crippen molar-refractivity contribution in [3.63, 3.8) is 0 Å². The number of ether oxygens (including phenoxy) is 1. The Morgan fingerprint density at radius 3 is 2.68 bits per heavy atom. The van der Waals surface area contributed by atoms with E-state index in [-0.39, 0.29) is 18.6 Å². The molecule has 4 rings (SSSR count). The molecule has 162 valence electrons. The molecule has 3 aromatic rings. The SMILES string of the molecule is Cc1nc(COc2ccc(C(=O)N(C)C3CCCN(Cc4ccccc4)C3)cc2)no1. The van der Waals surface area contributed by atoms with Crippen LogP contribution in [0.4, 0.5) is 0 Å². The number of amides is 1. The van der Waals surface area contributed by atoms with Crippen LogP contribution in [0.3, 0.4) is 0 Å². The maximum atomic E-state index is 13.0. The largest absolute Gasteiger partial charge is 0.485 e. The van der Waals surface area contributed by atoms with Crippen molar-refractivity contribution in [2.75, 3.05) is 20.1 Å². The Morgan fingerprint density at radius 2 is 1.97 bits per heavy atom. The first-order valence-electron chi connectivity index (χ1n) is 10.6. The Labute approximate surface area is 182 Å². The maximum Gasteiger partial charge on any atom is 0.253 e. The molecular formula is C24H28N4O3. The summed E-state index contributed by atoms with van der Waals surface area (Å²) in [4.78, 5) is 21.5. The second-order valence-corrected chi connectivity index (χ2v) is 7.98. The number of benzene rings is 2. The standard InChI is InChI=1S/C24H28N4O3/c1-18-25-23(26-31-18)17-30-22-12-10-20(11-13-22)24(29)27(2)21-9-6-14-28(16-21)15-19-7-4-3-5-8-19/h3-5,7-8,10-13,21H,6,9,14-17H2,1-2H3. The van der Waals surface area contributed by atoms with E-state index in [1.165, 1.54) is 5.56 Å². The van der Waals surface area contributed by atoms with Gasteiger partial charge in [-0.25, -0.2) is 0 Å². The Balaban J connectivity index is 1.32. The average Bonchev–Trinajstić information content (AvgIpc) is 3.23. The fourth-order valence-electron chi connectivity index (χ4n) is 3.94. The minimum atomic E-state index is 0.0342. The molecule has 0 spiro atoms. The van der Waals surface area contributed by atoms with Crippen LogP contribution in [0.2, 0.25) is 0 Å². The van der Waals surface area contributed by atoms with Gasteiger partial charge in [-0.05, 0) is 49.2 Å². The molecule has 0 N–H and O–H groups in total. The van der Waals surface area contributed by atoms with E-state index in [9.17, 15) is 4.79 Å². The van der Waals surface area contributed by atoms with Gasteiger partial charge in [0.2, 0.25) is 11.7 Å². The van der Waals surface area contributed by atoms with Crippen LogP contribution in [0.15, 0.2) is 59.1 Å². The Bertz CT molecular complexity index is 988. The molecule has 0 bridgehead atoms. The molecule has 1 unspecified atom stereocenters. The minimum absolute atomic E-state index is 0.0342. The molecule has 2 aromatic carbocycles. The van der Waals surface area contributed by atoms with E-state index in [1.807, 2.05) is 18.0 Å². The van der Waals surface area contributed by atoms with Crippen molar-refractivity contribution < 1.29 is 14.1 Å². The highest BCUT2D eigenvalue weighted by Crippen LogP contribution is 2.20. The van der Waals surface area contributed by atoms with E-state index in [1.54, 1.807) is 31.2 Å². The lowest BCUT2D eigenvalue weighted by Crippen LogP contribution is -2.48. The van der Waals surface area contributed by atoms with Gasteiger partial charge in [0.05, 0.1) is 0 Å². The highest BCUT2D eigenvalue weighted by molar-refractivity contribution is 5.94. The van der Waals surface area contributed by atoms with Gasteiger partial charge < -0.3 is 14.2 Å². The number of nitrogens with zero attached hydrogens (tertiary/aromatic N) is 4. The zero-order valence-corrected chi connectivity index (χ0v) is 18.0. The number of hydrogen-bond acceptors (Lipinski definition) is 6. The molecule has 1 aromatic heterocycles. The van der Waals surface area contributed by atoms with Crippen LogP contribution in [-0.2, 0) is 13.2 Å².